The highest BCUT2D eigenvalue weighted by molar-refractivity contribution is 5.97. The molecule has 0 radical (unpaired) electrons. The van der Waals surface area contributed by atoms with E-state index in [-0.39, 0.29) is 6.10 Å². The van der Waals surface area contributed by atoms with E-state index in [4.69, 9.17) is 0 Å². The highest BCUT2D eigenvalue weighted by atomic mass is 28.2. The fourth-order valence-corrected chi connectivity index (χ4v) is 0.577. The molecule has 0 aromatic heterocycles. The van der Waals surface area contributed by atoms with E-state index in [1.54, 1.807) is 0 Å². The molecule has 0 aromatic rings. The fourth-order valence-electron chi connectivity index (χ4n) is 0.192. The van der Waals surface area contributed by atoms with Crippen molar-refractivity contribution in [1.29, 1.82) is 0 Å². The van der Waals surface area contributed by atoms with E-state index in [9.17, 15) is 0 Å². The van der Waals surface area contributed by atoms with Gasteiger partial charge in [0.15, 0.2) is 10.5 Å². The van der Waals surface area contributed by atoms with Gasteiger partial charge >= 0.3 is 0 Å². The summed E-state index contributed by atoms with van der Waals surface area (Å²) in [6, 6.07) is 0. The first-order valence-corrected chi connectivity index (χ1v) is 2.78. The van der Waals surface area contributed by atoms with Gasteiger partial charge in [0.25, 0.3) is 0 Å². The highest BCUT2D eigenvalue weighted by Crippen LogP contribution is 1.83. The van der Waals surface area contributed by atoms with Crippen molar-refractivity contribution in [2.24, 2.45) is 0 Å². The van der Waals surface area contributed by atoms with Crippen LogP contribution >= 0.6 is 0 Å². The minimum atomic E-state index is 0.211. The molecule has 0 aliphatic heterocycles. The lowest BCUT2D eigenvalue weighted by molar-refractivity contribution is -0.232. The summed E-state index contributed by atoms with van der Waals surface area (Å²) in [5, 5.41) is 0. The van der Waals surface area contributed by atoms with Gasteiger partial charge in [-0.15, -0.1) is 0 Å². The lowest BCUT2D eigenvalue weighted by Crippen LogP contribution is -2.00. The van der Waals surface area contributed by atoms with Gasteiger partial charge in [0.05, 0.1) is 6.10 Å². The summed E-state index contributed by atoms with van der Waals surface area (Å²) in [6.07, 6.45) is 0.211. The molecule has 0 heterocycles. The van der Waals surface area contributed by atoms with Crippen LogP contribution in [0.5, 0.6) is 0 Å². The maximum absolute atomic E-state index is 4.60. The van der Waals surface area contributed by atoms with Crippen LogP contribution in [-0.2, 0) is 9.46 Å². The molecular formula is C3H10O2Si. The van der Waals surface area contributed by atoms with Crippen LogP contribution in [0.25, 0.3) is 0 Å². The van der Waals surface area contributed by atoms with Gasteiger partial charge in [0.2, 0.25) is 0 Å². The molecule has 0 N–H and O–H groups in total. The third-order valence-electron chi connectivity index (χ3n) is 0.289. The maximum atomic E-state index is 4.60. The largest absolute Gasteiger partial charge is 0.298 e. The predicted octanol–water partition coefficient (Wildman–Crippen LogP) is -0.377. The van der Waals surface area contributed by atoms with E-state index in [2.05, 4.69) is 9.46 Å². The molecule has 0 unspecified atom stereocenters. The van der Waals surface area contributed by atoms with Gasteiger partial charge in [0, 0.05) is 0 Å². The number of hydrogen-bond donors (Lipinski definition) is 0. The van der Waals surface area contributed by atoms with Gasteiger partial charge in [0.1, 0.15) is 0 Å². The van der Waals surface area contributed by atoms with Crippen molar-refractivity contribution in [1.82, 2.24) is 0 Å². The van der Waals surface area contributed by atoms with E-state index in [1.807, 2.05) is 13.8 Å². The zero-order valence-electron chi connectivity index (χ0n) is 4.39. The first-order chi connectivity index (χ1) is 2.77. The quantitative estimate of drug-likeness (QED) is 0.271. The summed E-state index contributed by atoms with van der Waals surface area (Å²) in [7, 11) is 0.665. The minimum Gasteiger partial charge on any atom is -0.298 e. The molecule has 0 bridgehead atoms. The van der Waals surface area contributed by atoms with Crippen LogP contribution in [0.4, 0.5) is 0 Å². The van der Waals surface area contributed by atoms with Gasteiger partial charge in [-0.2, -0.15) is 0 Å². The van der Waals surface area contributed by atoms with Crippen molar-refractivity contribution in [3.63, 3.8) is 0 Å². The lowest BCUT2D eigenvalue weighted by atomic mass is 10.5. The second-order valence-electron chi connectivity index (χ2n) is 1.31. The Balaban J connectivity index is 2.63. The molecule has 0 atom stereocenters. The molecule has 3 heteroatoms. The molecular weight excluding hydrogens is 96.1 g/mol. The Morgan fingerprint density at radius 2 is 2.00 bits per heavy atom. The van der Waals surface area contributed by atoms with Crippen LogP contribution in [0, 0.1) is 0 Å². The van der Waals surface area contributed by atoms with Gasteiger partial charge < -0.3 is 0 Å². The molecule has 0 saturated carbocycles. The Morgan fingerprint density at radius 1 is 1.50 bits per heavy atom. The molecule has 38 valence electrons. The van der Waals surface area contributed by atoms with Crippen molar-refractivity contribution in [3.8, 4) is 0 Å². The average Bonchev–Trinajstić information content (AvgIpc) is 1.35. The van der Waals surface area contributed by atoms with E-state index in [0.717, 1.165) is 0 Å². The average molecular weight is 106 g/mol. The van der Waals surface area contributed by atoms with Crippen LogP contribution in [0.1, 0.15) is 13.8 Å². The zero-order valence-corrected chi connectivity index (χ0v) is 6.39. The van der Waals surface area contributed by atoms with Crippen LogP contribution in [0.15, 0.2) is 0 Å². The fraction of sp³-hybridized carbons (Fsp3) is 1.00. The molecule has 0 aliphatic rings. The standard InChI is InChI=1S/C3H10O2Si/c1-3(2)4-5-6/h3H,1-2,6H3. The Hall–Kier alpha value is 0.137. The molecule has 0 fully saturated rings. The normalized spacial score (nSPS) is 10.5. The van der Waals surface area contributed by atoms with Gasteiger partial charge in [-0.05, 0) is 13.8 Å². The molecule has 0 rings (SSSR count). The molecule has 0 amide bonds. The lowest BCUT2D eigenvalue weighted by Gasteiger charge is -1.99. The number of hydrogen-bond acceptors (Lipinski definition) is 2. The SMILES string of the molecule is CC(C)OO[SiH3]. The van der Waals surface area contributed by atoms with Gasteiger partial charge in [-0.3, -0.25) is 4.58 Å². The van der Waals surface area contributed by atoms with Crippen molar-refractivity contribution in [3.05, 3.63) is 0 Å². The van der Waals surface area contributed by atoms with E-state index in [1.165, 1.54) is 0 Å². The van der Waals surface area contributed by atoms with Crippen molar-refractivity contribution in [2.45, 2.75) is 20.0 Å². The zero-order chi connectivity index (χ0) is 4.99. The third-order valence-corrected chi connectivity index (χ3v) is 0.481. The molecule has 0 spiro atoms. The van der Waals surface area contributed by atoms with Crippen molar-refractivity contribution >= 4 is 10.5 Å². The third kappa shape index (κ3) is 4.14. The minimum absolute atomic E-state index is 0.211. The Bertz CT molecular complexity index is 30.0. The summed E-state index contributed by atoms with van der Waals surface area (Å²) in [5.74, 6) is 0. The summed E-state index contributed by atoms with van der Waals surface area (Å²) >= 11 is 0. The molecule has 0 aromatic carbocycles. The van der Waals surface area contributed by atoms with Gasteiger partial charge in [-0.1, -0.05) is 0 Å². The first kappa shape index (κ1) is 6.14. The monoisotopic (exact) mass is 106 g/mol. The molecule has 0 aliphatic carbocycles. The second kappa shape index (κ2) is 3.33. The van der Waals surface area contributed by atoms with Crippen LogP contribution in [0.3, 0.4) is 0 Å². The second-order valence-corrected chi connectivity index (χ2v) is 1.64. The molecule has 2 nitrogen and oxygen atoms in total. The van der Waals surface area contributed by atoms with Crippen LogP contribution in [-0.4, -0.2) is 16.6 Å². The summed E-state index contributed by atoms with van der Waals surface area (Å²) in [5.41, 5.74) is 0. The Morgan fingerprint density at radius 3 is 2.00 bits per heavy atom. The summed E-state index contributed by atoms with van der Waals surface area (Å²) in [6.45, 7) is 3.86. The van der Waals surface area contributed by atoms with Crippen molar-refractivity contribution < 1.29 is 9.46 Å². The Labute approximate surface area is 40.9 Å². The predicted molar refractivity (Wildman–Crippen MR) is 27.2 cm³/mol. The first-order valence-electron chi connectivity index (χ1n) is 1.97. The van der Waals surface area contributed by atoms with Gasteiger partial charge in [-0.25, -0.2) is 4.89 Å². The Kier molecular flexibility index (Phi) is 3.41. The summed E-state index contributed by atoms with van der Waals surface area (Å²) in [4.78, 5) is 4.60. The van der Waals surface area contributed by atoms with E-state index >= 15 is 0 Å². The smallest absolute Gasteiger partial charge is 0.193 e. The molecule has 6 heavy (non-hydrogen) atoms. The van der Waals surface area contributed by atoms with Crippen molar-refractivity contribution in [2.75, 3.05) is 0 Å². The number of rotatable bonds is 2. The van der Waals surface area contributed by atoms with Crippen LogP contribution < -0.4 is 0 Å². The van der Waals surface area contributed by atoms with E-state index in [0.29, 0.717) is 10.5 Å². The topological polar surface area (TPSA) is 18.5 Å². The summed E-state index contributed by atoms with van der Waals surface area (Å²) < 4.78 is 4.44. The van der Waals surface area contributed by atoms with Crippen LogP contribution in [0.2, 0.25) is 0 Å². The van der Waals surface area contributed by atoms with E-state index < -0.39 is 0 Å². The highest BCUT2D eigenvalue weighted by Gasteiger charge is 1.85. The maximum Gasteiger partial charge on any atom is 0.193 e. The molecule has 0 saturated heterocycles.